The van der Waals surface area contributed by atoms with Crippen molar-refractivity contribution in [3.63, 3.8) is 0 Å². The van der Waals surface area contributed by atoms with Crippen LogP contribution in [-0.2, 0) is 11.8 Å². The number of furan rings is 1. The van der Waals surface area contributed by atoms with Gasteiger partial charge >= 0.3 is 0 Å². The molecule has 3 heteroatoms. The molecule has 0 radical (unpaired) electrons. The molecule has 62 heavy (non-hydrogen) atoms. The minimum Gasteiger partial charge on any atom is -0.454 e. The highest BCUT2D eigenvalue weighted by atomic mass is 16.3. The van der Waals surface area contributed by atoms with Gasteiger partial charge in [0.15, 0.2) is 5.58 Å². The topological polar surface area (TPSA) is 19.6 Å². The molecule has 11 aromatic rings. The fraction of sp³-hybridized carbons (Fsp3) is 0.0508. The summed E-state index contributed by atoms with van der Waals surface area (Å²) in [6.45, 7) is 2.22. The van der Waals surface area contributed by atoms with E-state index >= 15 is 0 Å². The van der Waals surface area contributed by atoms with Crippen molar-refractivity contribution < 1.29 is 4.42 Å². The van der Waals surface area contributed by atoms with E-state index in [2.05, 4.69) is 229 Å². The Labute approximate surface area is 360 Å². The smallest absolute Gasteiger partial charge is 0.159 e. The number of para-hydroxylation sites is 5. The van der Waals surface area contributed by atoms with Gasteiger partial charge in [0, 0.05) is 27.5 Å². The highest BCUT2D eigenvalue weighted by Gasteiger charge is 2.53. The maximum atomic E-state index is 6.87. The Kier molecular flexibility index (Phi) is 7.50. The van der Waals surface area contributed by atoms with Crippen LogP contribution in [0, 0.1) is 0 Å². The Hall–Kier alpha value is -7.88. The molecule has 0 fully saturated rings. The minimum atomic E-state index is -0.658. The largest absolute Gasteiger partial charge is 0.454 e. The Balaban J connectivity index is 1.21. The third-order valence-corrected chi connectivity index (χ3v) is 13.6. The second kappa shape index (κ2) is 13.3. The summed E-state index contributed by atoms with van der Waals surface area (Å²) in [6, 6.07) is 78.4. The second-order valence-electron chi connectivity index (χ2n) is 16.6. The highest BCUT2D eigenvalue weighted by Crippen LogP contribution is 2.66. The second-order valence-corrected chi connectivity index (χ2v) is 16.6. The number of benzene rings is 10. The molecule has 2 aliphatic rings. The van der Waals surface area contributed by atoms with Gasteiger partial charge in [0.1, 0.15) is 5.58 Å². The van der Waals surface area contributed by atoms with Crippen molar-refractivity contribution in [1.29, 1.82) is 0 Å². The summed E-state index contributed by atoms with van der Waals surface area (Å²) in [5.74, 6) is 0. The van der Waals surface area contributed by atoms with Gasteiger partial charge in [0.05, 0.1) is 28.2 Å². The lowest BCUT2D eigenvalue weighted by atomic mass is 9.64. The average molecular weight is 793 g/mol. The SMILES string of the molecule is CCc1ccc(N(c2cc3c(c4ccccc24)-c2c(ccc4ccccc24)C32c3ccccc3N(c3ccccc3)c3ccccc32)c2cccc3c2oc2ccccc23)cc1. The van der Waals surface area contributed by atoms with Gasteiger partial charge in [-0.2, -0.15) is 0 Å². The maximum absolute atomic E-state index is 6.87. The van der Waals surface area contributed by atoms with Crippen LogP contribution in [0.15, 0.2) is 217 Å². The van der Waals surface area contributed by atoms with Crippen molar-refractivity contribution >= 4 is 77.6 Å². The zero-order valence-electron chi connectivity index (χ0n) is 34.2. The van der Waals surface area contributed by atoms with Crippen molar-refractivity contribution in [2.45, 2.75) is 18.8 Å². The Morgan fingerprint density at radius 2 is 1.06 bits per heavy atom. The lowest BCUT2D eigenvalue weighted by Crippen LogP contribution is -2.36. The van der Waals surface area contributed by atoms with Crippen LogP contribution in [0.4, 0.5) is 34.1 Å². The van der Waals surface area contributed by atoms with Crippen molar-refractivity contribution in [2.75, 3.05) is 9.80 Å². The molecule has 3 nitrogen and oxygen atoms in total. The molecule has 0 N–H and O–H groups in total. The molecule has 1 aliphatic carbocycles. The molecular formula is C59H40N2O. The number of fused-ring (bicyclic) bond motifs is 16. The lowest BCUT2D eigenvalue weighted by molar-refractivity contribution is 0.669. The van der Waals surface area contributed by atoms with E-state index in [1.54, 1.807) is 0 Å². The lowest BCUT2D eigenvalue weighted by Gasteiger charge is -2.45. The van der Waals surface area contributed by atoms with Crippen LogP contribution in [0.1, 0.15) is 34.7 Å². The Morgan fingerprint density at radius 3 is 1.82 bits per heavy atom. The van der Waals surface area contributed by atoms with Gasteiger partial charge in [-0.3, -0.25) is 0 Å². The molecule has 1 aromatic heterocycles. The quantitative estimate of drug-likeness (QED) is 0.173. The molecule has 13 rings (SSSR count). The third-order valence-electron chi connectivity index (χ3n) is 13.6. The summed E-state index contributed by atoms with van der Waals surface area (Å²) in [6.07, 6.45) is 0.967. The summed E-state index contributed by atoms with van der Waals surface area (Å²) in [7, 11) is 0. The highest BCUT2D eigenvalue weighted by molar-refractivity contribution is 6.18. The summed E-state index contributed by atoms with van der Waals surface area (Å²) in [4.78, 5) is 4.92. The third kappa shape index (κ3) is 4.71. The predicted molar refractivity (Wildman–Crippen MR) is 258 cm³/mol. The molecule has 0 atom stereocenters. The molecule has 1 spiro atoms. The molecule has 0 bridgehead atoms. The fourth-order valence-corrected chi connectivity index (χ4v) is 11.0. The molecule has 0 saturated carbocycles. The number of aryl methyl sites for hydroxylation is 1. The van der Waals surface area contributed by atoms with Gasteiger partial charge in [0.25, 0.3) is 0 Å². The molecule has 0 saturated heterocycles. The van der Waals surface area contributed by atoms with Gasteiger partial charge in [-0.25, -0.2) is 0 Å². The number of hydrogen-bond acceptors (Lipinski definition) is 3. The molecule has 0 unspecified atom stereocenters. The van der Waals surface area contributed by atoms with Crippen LogP contribution < -0.4 is 9.80 Å². The number of rotatable bonds is 5. The van der Waals surface area contributed by atoms with Crippen molar-refractivity contribution in [2.24, 2.45) is 0 Å². The fourth-order valence-electron chi connectivity index (χ4n) is 11.0. The van der Waals surface area contributed by atoms with E-state index in [1.165, 1.54) is 71.9 Å². The first kappa shape index (κ1) is 34.9. The Morgan fingerprint density at radius 1 is 0.452 bits per heavy atom. The molecule has 292 valence electrons. The Bertz CT molecular complexity index is 3540. The van der Waals surface area contributed by atoms with Crippen molar-refractivity contribution in [3.8, 4) is 11.1 Å². The van der Waals surface area contributed by atoms with E-state index < -0.39 is 5.41 Å². The van der Waals surface area contributed by atoms with Crippen molar-refractivity contribution in [1.82, 2.24) is 0 Å². The van der Waals surface area contributed by atoms with Crippen LogP contribution in [-0.4, -0.2) is 0 Å². The number of anilines is 6. The van der Waals surface area contributed by atoms with E-state index in [4.69, 9.17) is 4.42 Å². The minimum absolute atomic E-state index is 0.658. The molecule has 2 heterocycles. The zero-order chi connectivity index (χ0) is 40.9. The van der Waals surface area contributed by atoms with Gasteiger partial charge in [0.2, 0.25) is 0 Å². The van der Waals surface area contributed by atoms with Gasteiger partial charge < -0.3 is 14.2 Å². The zero-order valence-corrected chi connectivity index (χ0v) is 34.2. The van der Waals surface area contributed by atoms with Gasteiger partial charge in [-0.15, -0.1) is 0 Å². The maximum Gasteiger partial charge on any atom is 0.159 e. The molecule has 1 aliphatic heterocycles. The monoisotopic (exact) mass is 792 g/mol. The predicted octanol–water partition coefficient (Wildman–Crippen LogP) is 16.1. The van der Waals surface area contributed by atoms with Crippen LogP contribution in [0.3, 0.4) is 0 Å². The van der Waals surface area contributed by atoms with E-state index in [-0.39, 0.29) is 0 Å². The number of nitrogens with zero attached hydrogens (tertiary/aromatic N) is 2. The van der Waals surface area contributed by atoms with Crippen LogP contribution in [0.2, 0.25) is 0 Å². The van der Waals surface area contributed by atoms with Crippen molar-refractivity contribution in [3.05, 3.63) is 240 Å². The van der Waals surface area contributed by atoms with E-state index in [1.807, 2.05) is 0 Å². The van der Waals surface area contributed by atoms with Crippen LogP contribution in [0.25, 0.3) is 54.6 Å². The summed E-state index contributed by atoms with van der Waals surface area (Å²) in [5, 5.41) is 7.12. The number of hydrogen-bond donors (Lipinski definition) is 0. The van der Waals surface area contributed by atoms with E-state index in [0.717, 1.165) is 51.1 Å². The van der Waals surface area contributed by atoms with Gasteiger partial charge in [-0.05, 0) is 116 Å². The summed E-state index contributed by atoms with van der Waals surface area (Å²) >= 11 is 0. The normalized spacial score (nSPS) is 13.4. The van der Waals surface area contributed by atoms with Crippen LogP contribution in [0.5, 0.6) is 0 Å². The molecule has 0 amide bonds. The van der Waals surface area contributed by atoms with E-state index in [0.29, 0.717) is 0 Å². The van der Waals surface area contributed by atoms with Crippen LogP contribution >= 0.6 is 0 Å². The first-order chi connectivity index (χ1) is 30.7. The average Bonchev–Trinajstić information content (AvgIpc) is 3.87. The first-order valence-electron chi connectivity index (χ1n) is 21.7. The van der Waals surface area contributed by atoms with Gasteiger partial charge in [-0.1, -0.05) is 165 Å². The molecular weight excluding hydrogens is 753 g/mol. The van der Waals surface area contributed by atoms with E-state index in [9.17, 15) is 0 Å². The first-order valence-corrected chi connectivity index (χ1v) is 21.7. The summed E-state index contributed by atoms with van der Waals surface area (Å²) < 4.78 is 6.87. The standard InChI is InChI=1S/C59H40N2O/c1-2-38-31-34-41(35-32-38)61(53-29-16-24-46-44-22-10-15-30-55(44)62-58(46)53)54-37-50-57(45-23-9-8-21-43(45)54)56-42-20-7-6-17-39(42)33-36-49(56)59(50)47-25-11-13-27-51(47)60(40-18-4-3-5-19-40)52-28-14-12-26-48(52)59/h3-37H,2H2,1H3. The molecule has 10 aromatic carbocycles. The summed E-state index contributed by atoms with van der Waals surface area (Å²) in [5.41, 5.74) is 16.8.